The highest BCUT2D eigenvalue weighted by molar-refractivity contribution is 8.18. The largest absolute Gasteiger partial charge is 0.344 e. The molecule has 1 aliphatic rings. The zero-order valence-corrected chi connectivity index (χ0v) is 17.4. The van der Waals surface area contributed by atoms with Gasteiger partial charge in [-0.25, -0.2) is 9.97 Å². The quantitative estimate of drug-likeness (QED) is 0.426. The Balaban J connectivity index is 1.56. The average molecular weight is 421 g/mol. The number of hydrogen-bond donors (Lipinski definition) is 3. The van der Waals surface area contributed by atoms with E-state index < -0.39 is 5.41 Å². The second-order valence-electron chi connectivity index (χ2n) is 7.83. The molecule has 1 saturated heterocycles. The summed E-state index contributed by atoms with van der Waals surface area (Å²) in [6.45, 7) is 5.60. The highest BCUT2D eigenvalue weighted by atomic mass is 32.2. The maximum absolute atomic E-state index is 12.7. The standard InChI is InChI=1S/C21H19N5O3S/c1-21(2,3)17(27)13-9-22-18-16(13)25-15(10-23-18)24-12-6-4-11(5-7-12)8-14-19(28)26-20(29)30-14/h4-10H,1-3H3,(H,22,23)(H,24,25)(H,26,28,29)/b14-8+. The van der Waals surface area contributed by atoms with Crippen LogP contribution in [-0.4, -0.2) is 31.9 Å². The minimum absolute atomic E-state index is 0.00936. The summed E-state index contributed by atoms with van der Waals surface area (Å²) in [6, 6.07) is 7.30. The first kappa shape index (κ1) is 19.8. The van der Waals surface area contributed by atoms with Crippen molar-refractivity contribution in [3.05, 3.63) is 52.7 Å². The van der Waals surface area contributed by atoms with Crippen LogP contribution in [0.15, 0.2) is 41.6 Å². The van der Waals surface area contributed by atoms with Crippen LogP contribution >= 0.6 is 11.8 Å². The third-order valence-electron chi connectivity index (χ3n) is 4.43. The molecule has 0 bridgehead atoms. The molecule has 0 spiro atoms. The first-order valence-electron chi connectivity index (χ1n) is 9.21. The Bertz CT molecular complexity index is 1210. The van der Waals surface area contributed by atoms with E-state index in [9.17, 15) is 14.4 Å². The van der Waals surface area contributed by atoms with Gasteiger partial charge in [-0.2, -0.15) is 0 Å². The minimum Gasteiger partial charge on any atom is -0.344 e. The molecule has 4 rings (SSSR count). The van der Waals surface area contributed by atoms with Crippen LogP contribution in [0.25, 0.3) is 17.2 Å². The molecule has 0 atom stereocenters. The molecule has 8 nitrogen and oxygen atoms in total. The van der Waals surface area contributed by atoms with Gasteiger partial charge in [-0.1, -0.05) is 32.9 Å². The number of carbonyl (C=O) groups is 3. The number of fused-ring (bicyclic) bond motifs is 1. The summed E-state index contributed by atoms with van der Waals surface area (Å²) in [5.41, 5.74) is 2.62. The number of carbonyl (C=O) groups excluding carboxylic acids is 3. The van der Waals surface area contributed by atoms with Gasteiger partial charge in [0.2, 0.25) is 0 Å². The molecule has 30 heavy (non-hydrogen) atoms. The number of nitrogens with zero attached hydrogens (tertiary/aromatic N) is 2. The van der Waals surface area contributed by atoms with Crippen LogP contribution in [-0.2, 0) is 4.79 Å². The summed E-state index contributed by atoms with van der Waals surface area (Å²) < 4.78 is 0. The van der Waals surface area contributed by atoms with Crippen LogP contribution in [0.4, 0.5) is 16.3 Å². The second kappa shape index (κ2) is 7.42. The monoisotopic (exact) mass is 421 g/mol. The summed E-state index contributed by atoms with van der Waals surface area (Å²) in [5.74, 6) is 0.111. The highest BCUT2D eigenvalue weighted by Gasteiger charge is 2.26. The Hall–Kier alpha value is -3.46. The number of nitrogens with one attached hydrogen (secondary N) is 3. The lowest BCUT2D eigenvalue weighted by atomic mass is 9.87. The molecule has 0 aliphatic carbocycles. The lowest BCUT2D eigenvalue weighted by Crippen LogP contribution is -2.20. The Morgan fingerprint density at radius 3 is 2.53 bits per heavy atom. The average Bonchev–Trinajstić information content (AvgIpc) is 3.24. The normalized spacial score (nSPS) is 15.6. The van der Waals surface area contributed by atoms with E-state index in [2.05, 4.69) is 25.6 Å². The van der Waals surface area contributed by atoms with E-state index in [-0.39, 0.29) is 16.9 Å². The van der Waals surface area contributed by atoms with Gasteiger partial charge in [-0.05, 0) is 35.5 Å². The number of Topliss-reactive ketones (excluding diaryl/α,β-unsaturated/α-hetero) is 1. The van der Waals surface area contributed by atoms with Gasteiger partial charge in [0.15, 0.2) is 11.4 Å². The number of benzene rings is 1. The van der Waals surface area contributed by atoms with Gasteiger partial charge < -0.3 is 10.3 Å². The van der Waals surface area contributed by atoms with Crippen molar-refractivity contribution in [2.45, 2.75) is 20.8 Å². The predicted molar refractivity (Wildman–Crippen MR) is 117 cm³/mol. The van der Waals surface area contributed by atoms with Gasteiger partial charge in [0.05, 0.1) is 16.7 Å². The van der Waals surface area contributed by atoms with Gasteiger partial charge in [-0.3, -0.25) is 19.7 Å². The van der Waals surface area contributed by atoms with Gasteiger partial charge in [-0.15, -0.1) is 0 Å². The lowest BCUT2D eigenvalue weighted by Gasteiger charge is -2.15. The fraction of sp³-hybridized carbons (Fsp3) is 0.190. The van der Waals surface area contributed by atoms with Crippen molar-refractivity contribution in [1.29, 1.82) is 0 Å². The van der Waals surface area contributed by atoms with E-state index in [1.807, 2.05) is 45.0 Å². The van der Waals surface area contributed by atoms with E-state index in [0.717, 1.165) is 23.0 Å². The molecular weight excluding hydrogens is 402 g/mol. The summed E-state index contributed by atoms with van der Waals surface area (Å²) in [6.07, 6.45) is 4.89. The van der Waals surface area contributed by atoms with Crippen LogP contribution in [0.2, 0.25) is 0 Å². The van der Waals surface area contributed by atoms with Crippen LogP contribution in [0.5, 0.6) is 0 Å². The van der Waals surface area contributed by atoms with Crippen molar-refractivity contribution in [3.63, 3.8) is 0 Å². The maximum Gasteiger partial charge on any atom is 0.290 e. The molecule has 1 aromatic carbocycles. The molecule has 2 amide bonds. The number of aromatic amines is 1. The molecule has 3 heterocycles. The number of rotatable bonds is 4. The molecule has 0 saturated carbocycles. The molecule has 3 N–H and O–H groups in total. The Morgan fingerprint density at radius 2 is 1.90 bits per heavy atom. The van der Waals surface area contributed by atoms with Crippen LogP contribution in [0, 0.1) is 5.41 Å². The molecule has 1 aliphatic heterocycles. The molecule has 9 heteroatoms. The number of anilines is 2. The van der Waals surface area contributed by atoms with E-state index in [0.29, 0.717) is 27.5 Å². The van der Waals surface area contributed by atoms with E-state index >= 15 is 0 Å². The maximum atomic E-state index is 12.7. The molecule has 2 aromatic heterocycles. The first-order valence-corrected chi connectivity index (χ1v) is 10.0. The smallest absolute Gasteiger partial charge is 0.290 e. The molecule has 152 valence electrons. The van der Waals surface area contributed by atoms with Gasteiger partial charge in [0, 0.05) is 17.3 Å². The van der Waals surface area contributed by atoms with Gasteiger partial charge >= 0.3 is 0 Å². The Labute approximate surface area is 176 Å². The number of imide groups is 1. The predicted octanol–water partition coefficient (Wildman–Crippen LogP) is 4.25. The van der Waals surface area contributed by atoms with Gasteiger partial charge in [0.1, 0.15) is 11.3 Å². The molecule has 0 unspecified atom stereocenters. The summed E-state index contributed by atoms with van der Waals surface area (Å²) in [4.78, 5) is 47.8. The molecule has 3 aromatic rings. The van der Waals surface area contributed by atoms with Crippen molar-refractivity contribution in [1.82, 2.24) is 20.3 Å². The van der Waals surface area contributed by atoms with E-state index in [1.165, 1.54) is 0 Å². The van der Waals surface area contributed by atoms with Crippen molar-refractivity contribution in [3.8, 4) is 0 Å². The first-order chi connectivity index (χ1) is 14.2. The third kappa shape index (κ3) is 3.97. The minimum atomic E-state index is -0.524. The summed E-state index contributed by atoms with van der Waals surface area (Å²) in [7, 11) is 0. The molecule has 0 radical (unpaired) electrons. The second-order valence-corrected chi connectivity index (χ2v) is 8.85. The fourth-order valence-electron chi connectivity index (χ4n) is 2.91. The summed E-state index contributed by atoms with van der Waals surface area (Å²) >= 11 is 0.880. The van der Waals surface area contributed by atoms with Crippen LogP contribution in [0.1, 0.15) is 36.7 Å². The Kier molecular flexibility index (Phi) is 4.90. The number of amides is 2. The van der Waals surface area contributed by atoms with E-state index in [4.69, 9.17) is 0 Å². The highest BCUT2D eigenvalue weighted by Crippen LogP contribution is 2.28. The number of ketones is 1. The van der Waals surface area contributed by atoms with Crippen LogP contribution in [0.3, 0.4) is 0 Å². The Morgan fingerprint density at radius 1 is 1.17 bits per heavy atom. The lowest BCUT2D eigenvalue weighted by molar-refractivity contribution is -0.115. The van der Waals surface area contributed by atoms with Crippen molar-refractivity contribution < 1.29 is 14.4 Å². The zero-order chi connectivity index (χ0) is 21.5. The van der Waals surface area contributed by atoms with E-state index in [1.54, 1.807) is 18.5 Å². The molecular formula is C21H19N5O3S. The fourth-order valence-corrected chi connectivity index (χ4v) is 3.59. The van der Waals surface area contributed by atoms with Crippen molar-refractivity contribution in [2.75, 3.05) is 5.32 Å². The SMILES string of the molecule is CC(C)(C)C(=O)c1c[nH]c2ncc(Nc3ccc(/C=C4/SC(=O)NC4=O)cc3)nc12. The molecule has 1 fully saturated rings. The number of H-pyrrole nitrogens is 1. The van der Waals surface area contributed by atoms with Crippen molar-refractivity contribution >= 4 is 57.4 Å². The summed E-state index contributed by atoms with van der Waals surface area (Å²) in [5, 5.41) is 5.03. The zero-order valence-electron chi connectivity index (χ0n) is 16.6. The topological polar surface area (TPSA) is 117 Å². The van der Waals surface area contributed by atoms with Crippen molar-refractivity contribution in [2.24, 2.45) is 5.41 Å². The number of hydrogen-bond acceptors (Lipinski definition) is 7. The third-order valence-corrected chi connectivity index (χ3v) is 5.24. The number of thioether (sulfide) groups is 1. The number of aromatic nitrogens is 3. The van der Waals surface area contributed by atoms with Crippen LogP contribution < -0.4 is 10.6 Å². The van der Waals surface area contributed by atoms with Gasteiger partial charge in [0.25, 0.3) is 11.1 Å².